The Hall–Kier alpha value is -2.73. The lowest BCUT2D eigenvalue weighted by atomic mass is 10.2. The first kappa shape index (κ1) is 19.6. The minimum atomic E-state index is -0.426. The topological polar surface area (TPSA) is 73.9 Å². The van der Waals surface area contributed by atoms with E-state index in [1.807, 2.05) is 6.92 Å². The minimum Gasteiger partial charge on any atom is -0.495 e. The van der Waals surface area contributed by atoms with Crippen molar-refractivity contribution in [2.24, 2.45) is 0 Å². The Labute approximate surface area is 157 Å². The third-order valence-electron chi connectivity index (χ3n) is 3.35. The van der Waals surface area contributed by atoms with Crippen LogP contribution >= 0.6 is 11.6 Å². The number of esters is 1. The predicted octanol–water partition coefficient (Wildman–Crippen LogP) is 3.93. The van der Waals surface area contributed by atoms with Crippen molar-refractivity contribution in [2.45, 2.75) is 13.3 Å². The molecule has 138 valence electrons. The van der Waals surface area contributed by atoms with Crippen molar-refractivity contribution >= 4 is 29.2 Å². The van der Waals surface area contributed by atoms with Crippen molar-refractivity contribution in [1.29, 1.82) is 0 Å². The number of amides is 1. The van der Waals surface area contributed by atoms with E-state index >= 15 is 0 Å². The smallest absolute Gasteiger partial charge is 0.344 e. The van der Waals surface area contributed by atoms with Crippen LogP contribution in [0, 0.1) is 0 Å². The third-order valence-corrected chi connectivity index (χ3v) is 3.65. The number of halogens is 1. The average molecular weight is 378 g/mol. The molecule has 0 aliphatic rings. The number of anilines is 1. The van der Waals surface area contributed by atoms with Crippen LogP contribution in [0.1, 0.15) is 23.7 Å². The molecule has 0 spiro atoms. The molecule has 0 saturated heterocycles. The summed E-state index contributed by atoms with van der Waals surface area (Å²) in [6.45, 7) is 2.12. The van der Waals surface area contributed by atoms with Gasteiger partial charge >= 0.3 is 5.97 Å². The van der Waals surface area contributed by atoms with E-state index in [0.717, 1.165) is 6.42 Å². The van der Waals surface area contributed by atoms with Crippen molar-refractivity contribution < 1.29 is 23.8 Å². The quantitative estimate of drug-likeness (QED) is 0.705. The molecule has 1 N–H and O–H groups in total. The molecule has 0 heterocycles. The van der Waals surface area contributed by atoms with E-state index in [9.17, 15) is 9.59 Å². The van der Waals surface area contributed by atoms with E-state index in [2.05, 4.69) is 5.32 Å². The zero-order chi connectivity index (χ0) is 18.9. The molecule has 2 rings (SSSR count). The van der Waals surface area contributed by atoms with Crippen LogP contribution in [0.4, 0.5) is 5.69 Å². The summed E-state index contributed by atoms with van der Waals surface area (Å²) >= 11 is 6.04. The molecular weight excluding hydrogens is 358 g/mol. The Balaban J connectivity index is 1.92. The summed E-state index contributed by atoms with van der Waals surface area (Å²) in [6.07, 6.45) is 0.759. The fourth-order valence-electron chi connectivity index (χ4n) is 2.05. The molecule has 1 amide bonds. The van der Waals surface area contributed by atoms with E-state index in [0.29, 0.717) is 34.4 Å². The van der Waals surface area contributed by atoms with Crippen LogP contribution in [0.3, 0.4) is 0 Å². The van der Waals surface area contributed by atoms with Crippen molar-refractivity contribution in [3.63, 3.8) is 0 Å². The summed E-state index contributed by atoms with van der Waals surface area (Å²) in [5, 5.41) is 3.16. The minimum absolute atomic E-state index is 0.171. The van der Waals surface area contributed by atoms with Crippen molar-refractivity contribution in [2.75, 3.05) is 25.6 Å². The maximum Gasteiger partial charge on any atom is 0.344 e. The van der Waals surface area contributed by atoms with Gasteiger partial charge in [-0.15, -0.1) is 0 Å². The molecule has 26 heavy (non-hydrogen) atoms. The van der Waals surface area contributed by atoms with Crippen molar-refractivity contribution in [1.82, 2.24) is 0 Å². The Bertz CT molecular complexity index is 761. The van der Waals surface area contributed by atoms with Gasteiger partial charge in [-0.05, 0) is 48.9 Å². The molecule has 0 saturated carbocycles. The van der Waals surface area contributed by atoms with Gasteiger partial charge in [0.15, 0.2) is 6.61 Å². The van der Waals surface area contributed by atoms with Crippen LogP contribution in [-0.2, 0) is 9.53 Å². The standard InChI is InChI=1S/C19H20ClNO5/c1-3-10-25-18(22)12-26-15-7-4-13(5-8-15)19(23)21-14-6-9-17(24-2)16(20)11-14/h4-9,11H,3,10,12H2,1-2H3,(H,21,23). The van der Waals surface area contributed by atoms with Crippen LogP contribution in [0.5, 0.6) is 11.5 Å². The van der Waals surface area contributed by atoms with Gasteiger partial charge in [-0.1, -0.05) is 18.5 Å². The zero-order valence-corrected chi connectivity index (χ0v) is 15.3. The first-order valence-electron chi connectivity index (χ1n) is 8.07. The SMILES string of the molecule is CCCOC(=O)COc1ccc(C(=O)Nc2ccc(OC)c(Cl)c2)cc1. The molecule has 0 atom stereocenters. The van der Waals surface area contributed by atoms with Gasteiger partial charge < -0.3 is 19.5 Å². The molecule has 2 aromatic carbocycles. The number of ether oxygens (including phenoxy) is 3. The largest absolute Gasteiger partial charge is 0.495 e. The summed E-state index contributed by atoms with van der Waals surface area (Å²) in [7, 11) is 1.52. The van der Waals surface area contributed by atoms with E-state index in [1.54, 1.807) is 42.5 Å². The normalized spacial score (nSPS) is 10.1. The van der Waals surface area contributed by atoms with Gasteiger partial charge in [0.1, 0.15) is 11.5 Å². The number of benzene rings is 2. The Morgan fingerprint density at radius 1 is 1.12 bits per heavy atom. The molecule has 0 fully saturated rings. The summed E-state index contributed by atoms with van der Waals surface area (Å²) in [5.74, 6) is 0.288. The van der Waals surface area contributed by atoms with Gasteiger partial charge in [-0.3, -0.25) is 4.79 Å². The molecule has 0 radical (unpaired) electrons. The maximum atomic E-state index is 12.3. The number of carbonyl (C=O) groups is 2. The number of nitrogens with one attached hydrogen (secondary N) is 1. The van der Waals surface area contributed by atoms with Gasteiger partial charge in [0.25, 0.3) is 5.91 Å². The Morgan fingerprint density at radius 2 is 1.85 bits per heavy atom. The van der Waals surface area contributed by atoms with Crippen molar-refractivity contribution in [3.05, 3.63) is 53.1 Å². The van der Waals surface area contributed by atoms with E-state index in [1.165, 1.54) is 7.11 Å². The number of hydrogen-bond donors (Lipinski definition) is 1. The summed E-state index contributed by atoms with van der Waals surface area (Å²) in [5.41, 5.74) is 0.998. The lowest BCUT2D eigenvalue weighted by molar-refractivity contribution is -0.146. The Kier molecular flexibility index (Phi) is 7.29. The first-order valence-corrected chi connectivity index (χ1v) is 8.44. The molecule has 0 aromatic heterocycles. The van der Waals surface area contributed by atoms with E-state index < -0.39 is 5.97 Å². The monoisotopic (exact) mass is 377 g/mol. The number of hydrogen-bond acceptors (Lipinski definition) is 5. The fraction of sp³-hybridized carbons (Fsp3) is 0.263. The first-order chi connectivity index (χ1) is 12.5. The summed E-state index contributed by atoms with van der Waals surface area (Å²) in [6, 6.07) is 11.4. The van der Waals surface area contributed by atoms with E-state index in [-0.39, 0.29) is 12.5 Å². The van der Waals surface area contributed by atoms with Gasteiger partial charge in [-0.25, -0.2) is 4.79 Å². The summed E-state index contributed by atoms with van der Waals surface area (Å²) < 4.78 is 15.3. The second kappa shape index (κ2) is 9.68. The predicted molar refractivity (Wildman–Crippen MR) is 99.1 cm³/mol. The molecule has 0 aliphatic heterocycles. The van der Waals surface area contributed by atoms with Crippen molar-refractivity contribution in [3.8, 4) is 11.5 Å². The van der Waals surface area contributed by atoms with Crippen LogP contribution < -0.4 is 14.8 Å². The highest BCUT2D eigenvalue weighted by Gasteiger charge is 2.09. The lowest BCUT2D eigenvalue weighted by Crippen LogP contribution is -2.15. The molecular formula is C19H20ClNO5. The number of methoxy groups -OCH3 is 1. The lowest BCUT2D eigenvalue weighted by Gasteiger charge is -2.09. The maximum absolute atomic E-state index is 12.3. The third kappa shape index (κ3) is 5.67. The van der Waals surface area contributed by atoms with Crippen LogP contribution in [0.25, 0.3) is 0 Å². The van der Waals surface area contributed by atoms with Crippen LogP contribution in [0.15, 0.2) is 42.5 Å². The highest BCUT2D eigenvalue weighted by Crippen LogP contribution is 2.27. The van der Waals surface area contributed by atoms with Gasteiger partial charge in [0.2, 0.25) is 0 Å². The van der Waals surface area contributed by atoms with Crippen LogP contribution in [-0.4, -0.2) is 32.2 Å². The molecule has 7 heteroatoms. The fourth-order valence-corrected chi connectivity index (χ4v) is 2.31. The highest BCUT2D eigenvalue weighted by atomic mass is 35.5. The Morgan fingerprint density at radius 3 is 2.46 bits per heavy atom. The molecule has 0 unspecified atom stereocenters. The molecule has 6 nitrogen and oxygen atoms in total. The van der Waals surface area contributed by atoms with Gasteiger partial charge in [0, 0.05) is 11.3 Å². The average Bonchev–Trinajstić information content (AvgIpc) is 2.65. The molecule has 0 bridgehead atoms. The molecule has 0 aliphatic carbocycles. The number of carbonyl (C=O) groups excluding carboxylic acids is 2. The highest BCUT2D eigenvalue weighted by molar-refractivity contribution is 6.32. The zero-order valence-electron chi connectivity index (χ0n) is 14.6. The van der Waals surface area contributed by atoms with Gasteiger partial charge in [-0.2, -0.15) is 0 Å². The number of rotatable bonds is 8. The summed E-state index contributed by atoms with van der Waals surface area (Å²) in [4.78, 5) is 23.7. The molecule has 2 aromatic rings. The van der Waals surface area contributed by atoms with Crippen LogP contribution in [0.2, 0.25) is 5.02 Å². The second-order valence-corrected chi connectivity index (χ2v) is 5.74. The van der Waals surface area contributed by atoms with Gasteiger partial charge in [0.05, 0.1) is 18.7 Å². The van der Waals surface area contributed by atoms with E-state index in [4.69, 9.17) is 25.8 Å². The second-order valence-electron chi connectivity index (χ2n) is 5.34.